The zero-order chi connectivity index (χ0) is 18.4. The minimum atomic E-state index is -1.13. The summed E-state index contributed by atoms with van der Waals surface area (Å²) in [7, 11) is 0. The Hall–Kier alpha value is -3.32. The van der Waals surface area contributed by atoms with Gasteiger partial charge in [0.1, 0.15) is 5.56 Å². The number of hydrogen-bond acceptors (Lipinski definition) is 5. The second kappa shape index (κ2) is 5.89. The SMILES string of the molecule is O=C1O[C@@H](c2c(O)n(-c3ccccc3Cl)c(=O)[nH]c2=O)c2ccccc21. The fraction of sp³-hybridized carbons (Fsp3) is 0.0556. The number of carbonyl (C=O) groups is 1. The molecule has 2 heterocycles. The van der Waals surface area contributed by atoms with E-state index in [0.29, 0.717) is 11.1 Å². The van der Waals surface area contributed by atoms with Crippen LogP contribution in [0.5, 0.6) is 5.88 Å². The molecular formula is C18H11ClN2O5. The third-order valence-electron chi connectivity index (χ3n) is 4.16. The molecule has 4 rings (SSSR count). The van der Waals surface area contributed by atoms with Crippen molar-refractivity contribution in [3.05, 3.63) is 91.1 Å². The lowest BCUT2D eigenvalue weighted by Gasteiger charge is -2.16. The molecule has 8 heteroatoms. The predicted octanol–water partition coefficient (Wildman–Crippen LogP) is 2.14. The molecule has 0 saturated heterocycles. The first-order valence-corrected chi connectivity index (χ1v) is 8.00. The molecular weight excluding hydrogens is 360 g/mol. The van der Waals surface area contributed by atoms with Crippen molar-refractivity contribution in [3.63, 3.8) is 0 Å². The van der Waals surface area contributed by atoms with Crippen molar-refractivity contribution in [1.29, 1.82) is 0 Å². The minimum absolute atomic E-state index is 0.187. The van der Waals surface area contributed by atoms with E-state index in [1.165, 1.54) is 6.07 Å². The number of rotatable bonds is 2. The van der Waals surface area contributed by atoms with Crippen molar-refractivity contribution in [2.45, 2.75) is 6.10 Å². The van der Waals surface area contributed by atoms with Crippen LogP contribution in [0.3, 0.4) is 0 Å². The molecule has 0 bridgehead atoms. The number of nitrogens with zero attached hydrogens (tertiary/aromatic N) is 1. The van der Waals surface area contributed by atoms with E-state index in [0.717, 1.165) is 4.57 Å². The highest BCUT2D eigenvalue weighted by molar-refractivity contribution is 6.32. The van der Waals surface area contributed by atoms with E-state index in [-0.39, 0.29) is 16.3 Å². The Kier molecular flexibility index (Phi) is 3.66. The van der Waals surface area contributed by atoms with Crippen LogP contribution in [0.4, 0.5) is 0 Å². The quantitative estimate of drug-likeness (QED) is 0.673. The zero-order valence-corrected chi connectivity index (χ0v) is 13.9. The van der Waals surface area contributed by atoms with Crippen LogP contribution in [0.1, 0.15) is 27.6 Å². The van der Waals surface area contributed by atoms with Gasteiger partial charge < -0.3 is 9.84 Å². The maximum atomic E-state index is 12.4. The highest BCUT2D eigenvalue weighted by atomic mass is 35.5. The number of nitrogens with one attached hydrogen (secondary N) is 1. The van der Waals surface area contributed by atoms with Crippen LogP contribution in [-0.2, 0) is 4.74 Å². The molecule has 0 aliphatic carbocycles. The van der Waals surface area contributed by atoms with Crippen molar-refractivity contribution >= 4 is 17.6 Å². The van der Waals surface area contributed by atoms with E-state index < -0.39 is 29.2 Å². The molecule has 0 radical (unpaired) electrons. The molecule has 1 atom stereocenters. The standard InChI is InChI=1S/C18H11ClN2O5/c19-11-7-3-4-8-12(11)21-16(23)13(15(22)20-18(21)25)14-9-5-1-2-6-10(9)17(24)26-14/h1-8,14,23H,(H,20,22,25)/t14-/m1/s1. The first-order valence-electron chi connectivity index (χ1n) is 7.62. The van der Waals surface area contributed by atoms with Crippen LogP contribution in [0, 0.1) is 0 Å². The first kappa shape index (κ1) is 16.2. The number of ether oxygens (including phenoxy) is 1. The normalized spacial score (nSPS) is 15.6. The Morgan fingerprint density at radius 3 is 2.50 bits per heavy atom. The number of aromatic nitrogens is 2. The highest BCUT2D eigenvalue weighted by Crippen LogP contribution is 2.37. The number of benzene rings is 2. The number of cyclic esters (lactones) is 1. The van der Waals surface area contributed by atoms with Crippen LogP contribution in [-0.4, -0.2) is 20.6 Å². The molecule has 1 aromatic heterocycles. The lowest BCUT2D eigenvalue weighted by atomic mass is 10.0. The van der Waals surface area contributed by atoms with E-state index in [4.69, 9.17) is 16.3 Å². The van der Waals surface area contributed by atoms with Crippen LogP contribution in [0.2, 0.25) is 5.02 Å². The minimum Gasteiger partial charge on any atom is -0.494 e. The third kappa shape index (κ3) is 2.33. The van der Waals surface area contributed by atoms with E-state index in [1.807, 2.05) is 0 Å². The summed E-state index contributed by atoms with van der Waals surface area (Å²) in [6.07, 6.45) is -1.13. The fourth-order valence-corrected chi connectivity index (χ4v) is 3.21. The van der Waals surface area contributed by atoms with Crippen molar-refractivity contribution in [1.82, 2.24) is 9.55 Å². The molecule has 1 aliphatic heterocycles. The van der Waals surface area contributed by atoms with Gasteiger partial charge in [-0.3, -0.25) is 9.78 Å². The Bertz CT molecular complexity index is 1160. The number of fused-ring (bicyclic) bond motifs is 1. The number of esters is 1. The molecule has 2 aromatic carbocycles. The lowest BCUT2D eigenvalue weighted by molar-refractivity contribution is 0.0449. The van der Waals surface area contributed by atoms with Gasteiger partial charge in [-0.25, -0.2) is 14.2 Å². The molecule has 0 saturated carbocycles. The summed E-state index contributed by atoms with van der Waals surface area (Å²) in [5.41, 5.74) is -1.03. The van der Waals surface area contributed by atoms with Gasteiger partial charge >= 0.3 is 11.7 Å². The summed E-state index contributed by atoms with van der Waals surface area (Å²) in [5, 5.41) is 10.9. The van der Waals surface area contributed by atoms with Gasteiger partial charge in [0, 0.05) is 5.56 Å². The van der Waals surface area contributed by atoms with E-state index >= 15 is 0 Å². The van der Waals surface area contributed by atoms with E-state index in [9.17, 15) is 19.5 Å². The topological polar surface area (TPSA) is 101 Å². The van der Waals surface area contributed by atoms with Gasteiger partial charge in [0.2, 0.25) is 5.88 Å². The number of aromatic hydroxyl groups is 1. The number of halogens is 1. The smallest absolute Gasteiger partial charge is 0.339 e. The van der Waals surface area contributed by atoms with Gasteiger partial charge in [-0.05, 0) is 18.2 Å². The predicted molar refractivity (Wildman–Crippen MR) is 93.0 cm³/mol. The van der Waals surface area contributed by atoms with E-state index in [2.05, 4.69) is 4.98 Å². The molecule has 0 amide bonds. The first-order chi connectivity index (χ1) is 12.5. The molecule has 1 aliphatic rings. The summed E-state index contributed by atoms with van der Waals surface area (Å²) in [5.74, 6) is -1.25. The second-order valence-corrected chi connectivity index (χ2v) is 6.06. The molecule has 26 heavy (non-hydrogen) atoms. The van der Waals surface area contributed by atoms with Gasteiger partial charge in [0.05, 0.1) is 16.3 Å². The van der Waals surface area contributed by atoms with Gasteiger partial charge in [0.25, 0.3) is 5.56 Å². The monoisotopic (exact) mass is 370 g/mol. The average Bonchev–Trinajstić information content (AvgIpc) is 2.93. The van der Waals surface area contributed by atoms with Crippen LogP contribution < -0.4 is 11.2 Å². The van der Waals surface area contributed by atoms with Gasteiger partial charge in [-0.15, -0.1) is 0 Å². The molecule has 7 nitrogen and oxygen atoms in total. The molecule has 0 spiro atoms. The molecule has 2 N–H and O–H groups in total. The number of H-pyrrole nitrogens is 1. The second-order valence-electron chi connectivity index (χ2n) is 5.66. The third-order valence-corrected chi connectivity index (χ3v) is 4.48. The maximum Gasteiger partial charge on any atom is 0.339 e. The summed E-state index contributed by atoms with van der Waals surface area (Å²) in [4.78, 5) is 38.8. The van der Waals surface area contributed by atoms with Crippen molar-refractivity contribution in [2.24, 2.45) is 0 Å². The summed E-state index contributed by atoms with van der Waals surface area (Å²) >= 11 is 6.11. The molecule has 0 unspecified atom stereocenters. The zero-order valence-electron chi connectivity index (χ0n) is 13.1. The Morgan fingerprint density at radius 2 is 1.73 bits per heavy atom. The fourth-order valence-electron chi connectivity index (χ4n) is 2.99. The lowest BCUT2D eigenvalue weighted by Crippen LogP contribution is -2.32. The molecule has 130 valence electrons. The number of para-hydroxylation sites is 1. The number of carbonyl (C=O) groups excluding carboxylic acids is 1. The van der Waals surface area contributed by atoms with E-state index in [1.54, 1.807) is 42.5 Å². The Labute approximate surface area is 151 Å². The average molecular weight is 371 g/mol. The molecule has 3 aromatic rings. The molecule has 0 fully saturated rings. The highest BCUT2D eigenvalue weighted by Gasteiger charge is 2.36. The van der Waals surface area contributed by atoms with Gasteiger partial charge in [0.15, 0.2) is 6.10 Å². The Morgan fingerprint density at radius 1 is 1.04 bits per heavy atom. The maximum absolute atomic E-state index is 12.4. The van der Waals surface area contributed by atoms with Crippen molar-refractivity contribution in [3.8, 4) is 11.6 Å². The summed E-state index contributed by atoms with van der Waals surface area (Å²) in [6.45, 7) is 0. The Balaban J connectivity index is 1.99. The van der Waals surface area contributed by atoms with Crippen molar-refractivity contribution < 1.29 is 14.6 Å². The van der Waals surface area contributed by atoms with Crippen LogP contribution >= 0.6 is 11.6 Å². The summed E-state index contributed by atoms with van der Waals surface area (Å²) in [6, 6.07) is 12.9. The van der Waals surface area contributed by atoms with Gasteiger partial charge in [-0.1, -0.05) is 41.9 Å². The number of aromatic amines is 1. The number of hydrogen-bond donors (Lipinski definition) is 2. The largest absolute Gasteiger partial charge is 0.494 e. The van der Waals surface area contributed by atoms with Gasteiger partial charge in [-0.2, -0.15) is 0 Å². The van der Waals surface area contributed by atoms with Crippen LogP contribution in [0.25, 0.3) is 5.69 Å². The van der Waals surface area contributed by atoms with Crippen LogP contribution in [0.15, 0.2) is 58.1 Å². The summed E-state index contributed by atoms with van der Waals surface area (Å²) < 4.78 is 6.14. The van der Waals surface area contributed by atoms with Crippen molar-refractivity contribution in [2.75, 3.05) is 0 Å².